The van der Waals surface area contributed by atoms with Gasteiger partial charge in [0.1, 0.15) is 18.1 Å². The Morgan fingerprint density at radius 3 is 2.43 bits per heavy atom. The van der Waals surface area contributed by atoms with Crippen LogP contribution in [0, 0.1) is 0 Å². The van der Waals surface area contributed by atoms with Gasteiger partial charge in [-0.25, -0.2) is 13.1 Å². The number of hydrogen-bond acceptors (Lipinski definition) is 6. The summed E-state index contributed by atoms with van der Waals surface area (Å²) in [4.78, 5) is 14.0. The molecule has 0 bridgehead atoms. The molecular weight excluding hydrogens is 429 g/mol. The average Bonchev–Trinajstić information content (AvgIpc) is 2.66. The quantitative estimate of drug-likeness (QED) is 0.591. The molecule has 1 aliphatic heterocycles. The molecule has 0 atom stereocenters. The molecule has 0 radical (unpaired) electrons. The van der Waals surface area contributed by atoms with E-state index in [9.17, 15) is 13.2 Å². The number of nitrogens with one attached hydrogen (secondary N) is 1. The van der Waals surface area contributed by atoms with Crippen LogP contribution >= 0.6 is 23.2 Å². The van der Waals surface area contributed by atoms with Crippen molar-refractivity contribution >= 4 is 39.1 Å². The number of nitrogens with two attached hydrogens (primary N) is 1. The monoisotopic (exact) mass is 451 g/mol. The fraction of sp³-hybridized carbons (Fsp3) is 0.471. The van der Waals surface area contributed by atoms with E-state index in [0.29, 0.717) is 43.2 Å². The highest BCUT2D eigenvalue weighted by molar-refractivity contribution is 7.92. The molecule has 0 saturated carbocycles. The predicted octanol–water partition coefficient (Wildman–Crippen LogP) is 1.76. The molecule has 156 valence electrons. The maximum absolute atomic E-state index is 12.4. The van der Waals surface area contributed by atoms with Crippen LogP contribution in [0.1, 0.15) is 12.8 Å². The van der Waals surface area contributed by atoms with Crippen molar-refractivity contribution < 1.29 is 22.7 Å². The van der Waals surface area contributed by atoms with E-state index in [1.165, 1.54) is 12.1 Å². The molecule has 0 aliphatic carbocycles. The van der Waals surface area contributed by atoms with Gasteiger partial charge in [-0.05, 0) is 18.9 Å². The predicted molar refractivity (Wildman–Crippen MR) is 108 cm³/mol. The number of carbonyl (C=O) groups excluding carboxylic acids is 1. The van der Waals surface area contributed by atoms with E-state index < -0.39 is 10.0 Å². The lowest BCUT2D eigenvalue weighted by atomic mass is 10.1. The van der Waals surface area contributed by atoms with E-state index in [1.807, 2.05) is 0 Å². The lowest BCUT2D eigenvalue weighted by Gasteiger charge is -2.32. The number of hydrogen-bond donors (Lipinski definition) is 2. The molecule has 1 aliphatic rings. The first-order valence-corrected chi connectivity index (χ1v) is 10.9. The number of ether oxygens (including phenoxy) is 2. The molecule has 1 heterocycles. The first-order valence-electron chi connectivity index (χ1n) is 8.63. The van der Waals surface area contributed by atoms with Gasteiger partial charge in [-0.2, -0.15) is 0 Å². The topological polar surface area (TPSA) is 111 Å². The number of piperidine rings is 1. The summed E-state index contributed by atoms with van der Waals surface area (Å²) in [6, 6.07) is 2.77. The average molecular weight is 452 g/mol. The standard InChI is InChI=1S/C17H23Cl2N3O5S/c1-2-28(24,25)21-12-3-6-22(7-4-12)17(23)11-27-16-10-15(26-8-5-20)13(18)9-14(16)19/h2,9-10,12,21H,1,3-8,11,20H2. The van der Waals surface area contributed by atoms with Crippen LogP contribution in [0.5, 0.6) is 11.5 Å². The Morgan fingerprint density at radius 2 is 1.86 bits per heavy atom. The Labute approximate surface area is 174 Å². The van der Waals surface area contributed by atoms with Crippen molar-refractivity contribution in [1.29, 1.82) is 0 Å². The van der Waals surface area contributed by atoms with Crippen LogP contribution in [0.4, 0.5) is 0 Å². The van der Waals surface area contributed by atoms with Gasteiger partial charge in [0.2, 0.25) is 10.0 Å². The molecule has 1 saturated heterocycles. The molecule has 11 heteroatoms. The maximum Gasteiger partial charge on any atom is 0.260 e. The molecule has 1 aromatic rings. The van der Waals surface area contributed by atoms with Crippen LogP contribution in [0.2, 0.25) is 10.0 Å². The second-order valence-corrected chi connectivity index (χ2v) is 8.60. The van der Waals surface area contributed by atoms with Crippen LogP contribution < -0.4 is 19.9 Å². The largest absolute Gasteiger partial charge is 0.491 e. The lowest BCUT2D eigenvalue weighted by molar-refractivity contribution is -0.134. The van der Waals surface area contributed by atoms with Crippen molar-refractivity contribution in [3.63, 3.8) is 0 Å². The molecule has 8 nitrogen and oxygen atoms in total. The number of nitrogens with zero attached hydrogens (tertiary/aromatic N) is 1. The van der Waals surface area contributed by atoms with Crippen molar-refractivity contribution in [2.24, 2.45) is 5.73 Å². The SMILES string of the molecule is C=CS(=O)(=O)NC1CCN(C(=O)COc2cc(OCCN)c(Cl)cc2Cl)CC1. The molecule has 1 aromatic carbocycles. The molecule has 3 N–H and O–H groups in total. The Balaban J connectivity index is 1.88. The zero-order chi connectivity index (χ0) is 20.7. The summed E-state index contributed by atoms with van der Waals surface area (Å²) in [6.45, 7) is 4.51. The van der Waals surface area contributed by atoms with E-state index in [1.54, 1.807) is 4.90 Å². The van der Waals surface area contributed by atoms with Crippen LogP contribution in [-0.4, -0.2) is 58.1 Å². The van der Waals surface area contributed by atoms with Gasteiger partial charge in [0, 0.05) is 37.2 Å². The summed E-state index contributed by atoms with van der Waals surface area (Å²) >= 11 is 12.2. The number of carbonyl (C=O) groups is 1. The fourth-order valence-electron chi connectivity index (χ4n) is 2.66. The molecule has 2 rings (SSSR count). The Morgan fingerprint density at radius 1 is 1.25 bits per heavy atom. The van der Waals surface area contributed by atoms with Gasteiger partial charge in [0.15, 0.2) is 6.61 Å². The van der Waals surface area contributed by atoms with E-state index in [-0.39, 0.29) is 35.9 Å². The Kier molecular flexibility index (Phi) is 8.38. The first-order chi connectivity index (χ1) is 13.3. The van der Waals surface area contributed by atoms with Crippen molar-refractivity contribution in [2.45, 2.75) is 18.9 Å². The minimum Gasteiger partial charge on any atom is -0.491 e. The lowest BCUT2D eigenvalue weighted by Crippen LogP contribution is -2.47. The molecule has 28 heavy (non-hydrogen) atoms. The van der Waals surface area contributed by atoms with Gasteiger partial charge in [-0.15, -0.1) is 0 Å². The summed E-state index contributed by atoms with van der Waals surface area (Å²) in [6.07, 6.45) is 1.02. The van der Waals surface area contributed by atoms with Crippen LogP contribution in [0.15, 0.2) is 24.1 Å². The number of rotatable bonds is 9. The van der Waals surface area contributed by atoms with E-state index in [2.05, 4.69) is 11.3 Å². The normalized spacial score (nSPS) is 15.3. The van der Waals surface area contributed by atoms with Crippen molar-refractivity contribution in [3.05, 3.63) is 34.2 Å². The van der Waals surface area contributed by atoms with Crippen molar-refractivity contribution in [3.8, 4) is 11.5 Å². The zero-order valence-corrected chi connectivity index (χ0v) is 17.5. The van der Waals surface area contributed by atoms with Gasteiger partial charge in [0.25, 0.3) is 5.91 Å². The fourth-order valence-corrected chi connectivity index (χ4v) is 3.95. The van der Waals surface area contributed by atoms with Gasteiger partial charge in [-0.3, -0.25) is 4.79 Å². The summed E-state index contributed by atoms with van der Waals surface area (Å²) < 4.78 is 36.5. The zero-order valence-electron chi connectivity index (χ0n) is 15.2. The first kappa shape index (κ1) is 22.8. The van der Waals surface area contributed by atoms with E-state index in [4.69, 9.17) is 38.4 Å². The third-order valence-electron chi connectivity index (χ3n) is 4.11. The molecule has 1 fully saturated rings. The smallest absolute Gasteiger partial charge is 0.260 e. The Bertz CT molecular complexity index is 811. The molecule has 0 unspecified atom stereocenters. The van der Waals surface area contributed by atoms with Gasteiger partial charge < -0.3 is 20.1 Å². The number of sulfonamides is 1. The minimum absolute atomic E-state index is 0.208. The highest BCUT2D eigenvalue weighted by Gasteiger charge is 2.25. The third kappa shape index (κ3) is 6.52. The van der Waals surface area contributed by atoms with Crippen molar-refractivity contribution in [1.82, 2.24) is 9.62 Å². The van der Waals surface area contributed by atoms with Gasteiger partial charge in [0.05, 0.1) is 10.0 Å². The van der Waals surface area contributed by atoms with Gasteiger partial charge in [-0.1, -0.05) is 29.8 Å². The third-order valence-corrected chi connectivity index (χ3v) is 5.80. The minimum atomic E-state index is -3.48. The molecule has 0 aromatic heterocycles. The van der Waals surface area contributed by atoms with Gasteiger partial charge >= 0.3 is 0 Å². The second kappa shape index (κ2) is 10.3. The van der Waals surface area contributed by atoms with E-state index >= 15 is 0 Å². The molecule has 0 spiro atoms. The number of halogens is 2. The summed E-state index contributed by atoms with van der Waals surface area (Å²) in [5.74, 6) is 0.426. The van der Waals surface area contributed by atoms with Crippen LogP contribution in [-0.2, 0) is 14.8 Å². The summed E-state index contributed by atoms with van der Waals surface area (Å²) in [7, 11) is -3.48. The van der Waals surface area contributed by atoms with Crippen LogP contribution in [0.25, 0.3) is 0 Å². The number of amides is 1. The number of likely N-dealkylation sites (tertiary alicyclic amines) is 1. The molecule has 1 amide bonds. The number of benzene rings is 1. The maximum atomic E-state index is 12.4. The van der Waals surface area contributed by atoms with Crippen LogP contribution in [0.3, 0.4) is 0 Å². The summed E-state index contributed by atoms with van der Waals surface area (Å²) in [5.41, 5.74) is 5.41. The highest BCUT2D eigenvalue weighted by atomic mass is 35.5. The highest BCUT2D eigenvalue weighted by Crippen LogP contribution is 2.35. The molecular formula is C17H23Cl2N3O5S. The second-order valence-electron chi connectivity index (χ2n) is 6.12. The van der Waals surface area contributed by atoms with Crippen molar-refractivity contribution in [2.75, 3.05) is 32.8 Å². The summed E-state index contributed by atoms with van der Waals surface area (Å²) in [5, 5.41) is 1.45. The van der Waals surface area contributed by atoms with E-state index in [0.717, 1.165) is 5.41 Å². The Hall–Kier alpha value is -1.52.